The van der Waals surface area contributed by atoms with Crippen molar-refractivity contribution in [1.82, 2.24) is 4.98 Å². The maximum atomic E-state index is 4.43. The highest BCUT2D eigenvalue weighted by Crippen LogP contribution is 2.26. The molecule has 15 heavy (non-hydrogen) atoms. The SMILES string of the molecule is Brc1cccnc1N1CCCC(Br)CC1. The van der Waals surface area contributed by atoms with Crippen molar-refractivity contribution in [2.24, 2.45) is 0 Å². The van der Waals surface area contributed by atoms with Crippen molar-refractivity contribution in [2.45, 2.75) is 24.1 Å². The predicted molar refractivity (Wildman–Crippen MR) is 70.7 cm³/mol. The van der Waals surface area contributed by atoms with Gasteiger partial charge in [0.1, 0.15) is 5.82 Å². The maximum Gasteiger partial charge on any atom is 0.142 e. The molecule has 82 valence electrons. The number of rotatable bonds is 1. The quantitative estimate of drug-likeness (QED) is 0.730. The molecule has 1 unspecified atom stereocenters. The summed E-state index contributed by atoms with van der Waals surface area (Å²) >= 11 is 7.25. The van der Waals surface area contributed by atoms with Gasteiger partial charge < -0.3 is 4.90 Å². The van der Waals surface area contributed by atoms with Crippen molar-refractivity contribution in [2.75, 3.05) is 18.0 Å². The van der Waals surface area contributed by atoms with E-state index in [1.165, 1.54) is 19.3 Å². The predicted octanol–water partition coefficient (Wildman–Crippen LogP) is 3.60. The van der Waals surface area contributed by atoms with Gasteiger partial charge in [0.2, 0.25) is 0 Å². The first-order valence-corrected chi connectivity index (χ1v) is 6.98. The maximum absolute atomic E-state index is 4.43. The average molecular weight is 334 g/mol. The van der Waals surface area contributed by atoms with Crippen LogP contribution in [-0.4, -0.2) is 22.9 Å². The molecule has 1 aliphatic rings. The molecule has 2 nitrogen and oxygen atoms in total. The summed E-state index contributed by atoms with van der Waals surface area (Å²) in [6, 6.07) is 4.01. The summed E-state index contributed by atoms with van der Waals surface area (Å²) in [6.07, 6.45) is 5.56. The van der Waals surface area contributed by atoms with Crippen LogP contribution in [-0.2, 0) is 0 Å². The Kier molecular flexibility index (Phi) is 4.03. The molecule has 0 aromatic carbocycles. The second-order valence-corrected chi connectivity index (χ2v) is 5.97. The average Bonchev–Trinajstić information content (AvgIpc) is 2.44. The van der Waals surface area contributed by atoms with Gasteiger partial charge in [0, 0.05) is 24.1 Å². The fourth-order valence-corrected chi connectivity index (χ4v) is 2.91. The van der Waals surface area contributed by atoms with Crippen molar-refractivity contribution < 1.29 is 0 Å². The minimum atomic E-state index is 0.671. The molecule has 0 spiro atoms. The highest BCUT2D eigenvalue weighted by Gasteiger charge is 2.17. The van der Waals surface area contributed by atoms with Gasteiger partial charge in [-0.3, -0.25) is 0 Å². The summed E-state index contributed by atoms with van der Waals surface area (Å²) in [6.45, 7) is 2.20. The Morgan fingerprint density at radius 1 is 1.33 bits per heavy atom. The van der Waals surface area contributed by atoms with Crippen LogP contribution in [0.5, 0.6) is 0 Å². The number of aromatic nitrogens is 1. The number of pyridine rings is 1. The van der Waals surface area contributed by atoms with E-state index in [0.29, 0.717) is 4.83 Å². The Morgan fingerprint density at radius 3 is 3.00 bits per heavy atom. The third-order valence-electron chi connectivity index (χ3n) is 2.70. The Labute approximate surface area is 107 Å². The van der Waals surface area contributed by atoms with E-state index < -0.39 is 0 Å². The van der Waals surface area contributed by atoms with Crippen LogP contribution in [0.2, 0.25) is 0 Å². The third kappa shape index (κ3) is 2.94. The number of alkyl halides is 1. The lowest BCUT2D eigenvalue weighted by molar-refractivity contribution is 0.753. The van der Waals surface area contributed by atoms with E-state index in [9.17, 15) is 0 Å². The molecule has 2 rings (SSSR count). The van der Waals surface area contributed by atoms with E-state index in [-0.39, 0.29) is 0 Å². The molecule has 1 aromatic rings. The lowest BCUT2D eigenvalue weighted by Crippen LogP contribution is -2.25. The minimum Gasteiger partial charge on any atom is -0.356 e. The van der Waals surface area contributed by atoms with Gasteiger partial charge in [-0.05, 0) is 47.3 Å². The highest BCUT2D eigenvalue weighted by molar-refractivity contribution is 9.10. The molecule has 1 aliphatic heterocycles. The van der Waals surface area contributed by atoms with Gasteiger partial charge in [-0.1, -0.05) is 15.9 Å². The van der Waals surface area contributed by atoms with Crippen molar-refractivity contribution >= 4 is 37.7 Å². The van der Waals surface area contributed by atoms with Gasteiger partial charge in [-0.2, -0.15) is 0 Å². The summed E-state index contributed by atoms with van der Waals surface area (Å²) in [5, 5.41) is 0. The van der Waals surface area contributed by atoms with Crippen LogP contribution >= 0.6 is 31.9 Å². The summed E-state index contributed by atoms with van der Waals surface area (Å²) in [5.74, 6) is 1.08. The number of halogens is 2. The minimum absolute atomic E-state index is 0.671. The first kappa shape index (κ1) is 11.4. The van der Waals surface area contributed by atoms with Crippen molar-refractivity contribution in [3.8, 4) is 0 Å². The molecule has 4 heteroatoms. The Bertz CT molecular complexity index is 330. The smallest absolute Gasteiger partial charge is 0.142 e. The van der Waals surface area contributed by atoms with Gasteiger partial charge in [-0.25, -0.2) is 4.98 Å². The first-order valence-electron chi connectivity index (χ1n) is 5.27. The van der Waals surface area contributed by atoms with E-state index in [4.69, 9.17) is 0 Å². The number of nitrogens with zero attached hydrogens (tertiary/aromatic N) is 2. The largest absolute Gasteiger partial charge is 0.356 e. The molecule has 0 bridgehead atoms. The molecular weight excluding hydrogens is 320 g/mol. The zero-order chi connectivity index (χ0) is 10.7. The van der Waals surface area contributed by atoms with Crippen molar-refractivity contribution in [3.05, 3.63) is 22.8 Å². The molecule has 0 amide bonds. The number of anilines is 1. The zero-order valence-corrected chi connectivity index (χ0v) is 11.7. The summed E-state index contributed by atoms with van der Waals surface area (Å²) < 4.78 is 1.10. The lowest BCUT2D eigenvalue weighted by atomic mass is 10.2. The molecule has 1 atom stereocenters. The van der Waals surface area contributed by atoms with Crippen molar-refractivity contribution in [3.63, 3.8) is 0 Å². The van der Waals surface area contributed by atoms with Crippen LogP contribution in [0.3, 0.4) is 0 Å². The second-order valence-electron chi connectivity index (χ2n) is 3.82. The first-order chi connectivity index (χ1) is 7.27. The monoisotopic (exact) mass is 332 g/mol. The van der Waals surface area contributed by atoms with E-state index in [1.807, 2.05) is 12.3 Å². The Balaban J connectivity index is 2.13. The van der Waals surface area contributed by atoms with Crippen LogP contribution in [0.25, 0.3) is 0 Å². The fraction of sp³-hybridized carbons (Fsp3) is 0.545. The Morgan fingerprint density at radius 2 is 2.20 bits per heavy atom. The Hall–Kier alpha value is -0.0900. The van der Waals surface area contributed by atoms with Crippen LogP contribution in [0, 0.1) is 0 Å². The number of hydrogen-bond acceptors (Lipinski definition) is 2. The molecular formula is C11H14Br2N2. The summed E-state index contributed by atoms with van der Waals surface area (Å²) in [4.78, 5) is 7.47. The second kappa shape index (κ2) is 5.30. The molecule has 0 aliphatic carbocycles. The molecule has 1 fully saturated rings. The molecule has 1 aromatic heterocycles. The molecule has 0 saturated carbocycles. The van der Waals surface area contributed by atoms with Gasteiger partial charge >= 0.3 is 0 Å². The third-order valence-corrected chi connectivity index (χ3v) is 4.23. The van der Waals surface area contributed by atoms with Crippen molar-refractivity contribution in [1.29, 1.82) is 0 Å². The van der Waals surface area contributed by atoms with Crippen LogP contribution < -0.4 is 4.90 Å². The molecule has 0 radical (unpaired) electrons. The lowest BCUT2D eigenvalue weighted by Gasteiger charge is -2.22. The zero-order valence-electron chi connectivity index (χ0n) is 8.50. The standard InChI is InChI=1S/C11H14Br2N2/c12-9-3-2-7-15(8-5-9)11-10(13)4-1-6-14-11/h1,4,6,9H,2-3,5,7-8H2. The van der Waals surface area contributed by atoms with Gasteiger partial charge in [-0.15, -0.1) is 0 Å². The van der Waals surface area contributed by atoms with Gasteiger partial charge in [0.25, 0.3) is 0 Å². The topological polar surface area (TPSA) is 16.1 Å². The normalized spacial score (nSPS) is 22.5. The highest BCUT2D eigenvalue weighted by atomic mass is 79.9. The van der Waals surface area contributed by atoms with Gasteiger partial charge in [0.05, 0.1) is 4.47 Å². The molecule has 1 saturated heterocycles. The molecule has 0 N–H and O–H groups in total. The fourth-order valence-electron chi connectivity index (χ4n) is 1.88. The van der Waals surface area contributed by atoms with Crippen LogP contribution in [0.1, 0.15) is 19.3 Å². The van der Waals surface area contributed by atoms with Gasteiger partial charge in [0.15, 0.2) is 0 Å². The summed E-state index contributed by atoms with van der Waals surface area (Å²) in [7, 11) is 0. The van der Waals surface area contributed by atoms with E-state index in [2.05, 4.69) is 47.8 Å². The number of hydrogen-bond donors (Lipinski definition) is 0. The van der Waals surface area contributed by atoms with E-state index in [1.54, 1.807) is 0 Å². The van der Waals surface area contributed by atoms with Crippen LogP contribution in [0.4, 0.5) is 5.82 Å². The van der Waals surface area contributed by atoms with E-state index in [0.717, 1.165) is 23.4 Å². The molecule has 2 heterocycles. The van der Waals surface area contributed by atoms with E-state index >= 15 is 0 Å². The summed E-state index contributed by atoms with van der Waals surface area (Å²) in [5.41, 5.74) is 0. The van der Waals surface area contributed by atoms with Crippen LogP contribution in [0.15, 0.2) is 22.8 Å².